The Morgan fingerprint density at radius 3 is 2.58 bits per heavy atom. The van der Waals surface area contributed by atoms with Crippen LogP contribution in [0.15, 0.2) is 76.5 Å². The average molecular weight is 501 g/mol. The largest absolute Gasteiger partial charge is 0.486 e. The number of hydrogen-bond donors (Lipinski definition) is 1. The van der Waals surface area contributed by atoms with Crippen LogP contribution in [0.1, 0.15) is 36.6 Å². The van der Waals surface area contributed by atoms with E-state index in [2.05, 4.69) is 24.4 Å². The van der Waals surface area contributed by atoms with Gasteiger partial charge in [0, 0.05) is 4.90 Å². The van der Waals surface area contributed by atoms with Crippen molar-refractivity contribution in [1.82, 2.24) is 5.32 Å². The van der Waals surface area contributed by atoms with E-state index in [0.29, 0.717) is 29.6 Å². The molecule has 1 atom stereocenters. The smallest absolute Gasteiger partial charge is 0.265 e. The minimum atomic E-state index is -0.259. The average Bonchev–Trinajstić information content (AvgIpc) is 2.91. The highest BCUT2D eigenvalue weighted by Gasteiger charge is 2.30. The van der Waals surface area contributed by atoms with Crippen molar-refractivity contribution in [2.24, 2.45) is 0 Å². The van der Waals surface area contributed by atoms with E-state index < -0.39 is 0 Å². The molecule has 6 nitrogen and oxygen atoms in total. The van der Waals surface area contributed by atoms with E-state index in [0.717, 1.165) is 28.1 Å². The van der Waals surface area contributed by atoms with E-state index in [9.17, 15) is 9.59 Å². The molecule has 0 aromatic heterocycles. The predicted molar refractivity (Wildman–Crippen MR) is 142 cm³/mol. The number of aryl methyl sites for hydroxylation is 1. The first-order valence-electron chi connectivity index (χ1n) is 12.1. The summed E-state index contributed by atoms with van der Waals surface area (Å²) in [5.41, 5.74) is 3.85. The number of fused-ring (bicyclic) bond motifs is 2. The molecule has 5 rings (SSSR count). The normalized spacial score (nSPS) is 16.4. The van der Waals surface area contributed by atoms with E-state index in [1.54, 1.807) is 4.90 Å². The molecular formula is C29H28N2O4S. The zero-order chi connectivity index (χ0) is 25.1. The Bertz CT molecular complexity index is 1320. The van der Waals surface area contributed by atoms with Gasteiger partial charge in [0.1, 0.15) is 19.8 Å². The Balaban J connectivity index is 1.34. The summed E-state index contributed by atoms with van der Waals surface area (Å²) in [5.74, 6) is 0.971. The van der Waals surface area contributed by atoms with Crippen molar-refractivity contribution in [3.05, 3.63) is 88.3 Å². The number of rotatable bonds is 6. The van der Waals surface area contributed by atoms with Gasteiger partial charge in [0.25, 0.3) is 5.91 Å². The van der Waals surface area contributed by atoms with E-state index in [-0.39, 0.29) is 24.4 Å². The van der Waals surface area contributed by atoms with Gasteiger partial charge in [0.2, 0.25) is 5.91 Å². The Morgan fingerprint density at radius 2 is 1.81 bits per heavy atom. The molecule has 0 radical (unpaired) electrons. The number of nitrogens with one attached hydrogen (secondary N) is 1. The minimum Gasteiger partial charge on any atom is -0.486 e. The highest BCUT2D eigenvalue weighted by molar-refractivity contribution is 8.04. The van der Waals surface area contributed by atoms with E-state index in [1.165, 1.54) is 17.3 Å². The van der Waals surface area contributed by atoms with Crippen LogP contribution in [-0.4, -0.2) is 31.6 Å². The second kappa shape index (κ2) is 10.5. The molecule has 2 aliphatic rings. The fourth-order valence-corrected chi connectivity index (χ4v) is 5.32. The second-order valence-electron chi connectivity index (χ2n) is 8.76. The molecule has 184 valence electrons. The van der Waals surface area contributed by atoms with Crippen molar-refractivity contribution in [3.63, 3.8) is 0 Å². The molecule has 0 saturated carbocycles. The maximum Gasteiger partial charge on any atom is 0.265 e. The topological polar surface area (TPSA) is 67.9 Å². The second-order valence-corrected chi connectivity index (χ2v) is 9.84. The first-order valence-corrected chi connectivity index (χ1v) is 12.9. The number of nitrogens with zero attached hydrogens (tertiary/aromatic N) is 1. The first kappa shape index (κ1) is 24.0. The van der Waals surface area contributed by atoms with Gasteiger partial charge in [-0.1, -0.05) is 61.2 Å². The number of para-hydroxylation sites is 1. The van der Waals surface area contributed by atoms with Crippen LogP contribution in [0, 0.1) is 0 Å². The Hall–Kier alpha value is -3.71. The molecule has 36 heavy (non-hydrogen) atoms. The molecule has 0 bridgehead atoms. The first-order chi connectivity index (χ1) is 17.5. The van der Waals surface area contributed by atoms with Crippen LogP contribution < -0.4 is 19.7 Å². The van der Waals surface area contributed by atoms with Crippen molar-refractivity contribution in [3.8, 4) is 11.5 Å². The van der Waals surface area contributed by atoms with Crippen LogP contribution in [0.4, 0.5) is 5.69 Å². The summed E-state index contributed by atoms with van der Waals surface area (Å²) < 4.78 is 11.3. The number of thioether (sulfide) groups is 1. The highest BCUT2D eigenvalue weighted by atomic mass is 32.2. The lowest BCUT2D eigenvalue weighted by molar-refractivity contribution is -0.122. The van der Waals surface area contributed by atoms with Crippen LogP contribution in [-0.2, 0) is 16.0 Å². The Kier molecular flexibility index (Phi) is 7.00. The molecule has 7 heteroatoms. The number of hydrogen-bond acceptors (Lipinski definition) is 5. The lowest BCUT2D eigenvalue weighted by Gasteiger charge is -2.30. The minimum absolute atomic E-state index is 0.0720. The third-order valence-electron chi connectivity index (χ3n) is 6.26. The summed E-state index contributed by atoms with van der Waals surface area (Å²) in [7, 11) is 0. The summed E-state index contributed by atoms with van der Waals surface area (Å²) in [6.07, 6.45) is 2.86. The van der Waals surface area contributed by atoms with E-state index in [1.807, 2.05) is 67.6 Å². The number of carbonyl (C=O) groups excluding carboxylic acids is 2. The van der Waals surface area contributed by atoms with Crippen molar-refractivity contribution in [1.29, 1.82) is 0 Å². The molecule has 0 spiro atoms. The summed E-state index contributed by atoms with van der Waals surface area (Å²) >= 11 is 1.44. The van der Waals surface area contributed by atoms with Crippen molar-refractivity contribution >= 4 is 35.3 Å². The number of amides is 2. The molecule has 3 aromatic rings. The zero-order valence-electron chi connectivity index (χ0n) is 20.3. The third-order valence-corrected chi connectivity index (χ3v) is 7.34. The molecule has 1 unspecified atom stereocenters. The molecule has 0 saturated heterocycles. The zero-order valence-corrected chi connectivity index (χ0v) is 21.1. The summed E-state index contributed by atoms with van der Waals surface area (Å²) in [5, 5.41) is 3.02. The van der Waals surface area contributed by atoms with Crippen LogP contribution in [0.3, 0.4) is 0 Å². The van der Waals surface area contributed by atoms with Crippen molar-refractivity contribution in [2.75, 3.05) is 24.7 Å². The molecule has 0 aliphatic carbocycles. The number of carbonyl (C=O) groups is 2. The third kappa shape index (κ3) is 5.11. The molecule has 2 heterocycles. The van der Waals surface area contributed by atoms with Crippen LogP contribution in [0.2, 0.25) is 0 Å². The van der Waals surface area contributed by atoms with Gasteiger partial charge < -0.3 is 14.8 Å². The molecule has 2 aliphatic heterocycles. The quantitative estimate of drug-likeness (QED) is 0.461. The number of ether oxygens (including phenoxy) is 2. The van der Waals surface area contributed by atoms with Gasteiger partial charge >= 0.3 is 0 Å². The lowest BCUT2D eigenvalue weighted by atomic mass is 10.1. The summed E-state index contributed by atoms with van der Waals surface area (Å²) in [6, 6.07) is 21.3. The molecule has 0 fully saturated rings. The molecule has 3 aromatic carbocycles. The highest BCUT2D eigenvalue weighted by Crippen LogP contribution is 2.42. The predicted octanol–water partition coefficient (Wildman–Crippen LogP) is 5.38. The van der Waals surface area contributed by atoms with Crippen LogP contribution in [0.25, 0.3) is 6.08 Å². The number of benzene rings is 3. The number of anilines is 1. The Labute approximate surface area is 215 Å². The summed E-state index contributed by atoms with van der Waals surface area (Å²) in [4.78, 5) is 29.7. The standard InChI is InChI=1S/C29H28N2O4S/c1-3-20-8-10-21(11-9-20)16-27-29(33)31(23-6-4-5-7-26(23)36-27)18-28(32)30-19(2)22-12-13-24-25(17-22)35-15-14-34-24/h4-13,16-17,19H,3,14-15,18H2,1-2H3,(H,30,32). The Morgan fingerprint density at radius 1 is 1.06 bits per heavy atom. The molecule has 1 N–H and O–H groups in total. The van der Waals surface area contributed by atoms with Gasteiger partial charge in [-0.05, 0) is 60.4 Å². The maximum atomic E-state index is 13.5. The van der Waals surface area contributed by atoms with E-state index in [4.69, 9.17) is 9.47 Å². The fraction of sp³-hybridized carbons (Fsp3) is 0.241. The molecule has 2 amide bonds. The van der Waals surface area contributed by atoms with Gasteiger partial charge in [0.05, 0.1) is 16.6 Å². The van der Waals surface area contributed by atoms with E-state index >= 15 is 0 Å². The summed E-state index contributed by atoms with van der Waals surface area (Å²) in [6.45, 7) is 4.99. The maximum absolute atomic E-state index is 13.5. The van der Waals surface area contributed by atoms with Gasteiger partial charge in [-0.15, -0.1) is 0 Å². The van der Waals surface area contributed by atoms with Crippen LogP contribution >= 0.6 is 11.8 Å². The lowest BCUT2D eigenvalue weighted by Crippen LogP contribution is -2.43. The van der Waals surface area contributed by atoms with Gasteiger partial charge in [-0.3, -0.25) is 14.5 Å². The van der Waals surface area contributed by atoms with Crippen molar-refractivity contribution < 1.29 is 19.1 Å². The molecular weight excluding hydrogens is 472 g/mol. The van der Waals surface area contributed by atoms with Crippen LogP contribution in [0.5, 0.6) is 11.5 Å². The van der Waals surface area contributed by atoms with Gasteiger partial charge in [-0.25, -0.2) is 0 Å². The fourth-order valence-electron chi connectivity index (χ4n) is 4.26. The van der Waals surface area contributed by atoms with Gasteiger partial charge in [-0.2, -0.15) is 0 Å². The monoisotopic (exact) mass is 500 g/mol. The SMILES string of the molecule is CCc1ccc(C=C2Sc3ccccc3N(CC(=O)NC(C)c3ccc4c(c3)OCCO4)C2=O)cc1. The van der Waals surface area contributed by atoms with Crippen molar-refractivity contribution in [2.45, 2.75) is 31.2 Å². The van der Waals surface area contributed by atoms with Gasteiger partial charge in [0.15, 0.2) is 11.5 Å².